The predicted molar refractivity (Wildman–Crippen MR) is 89.0 cm³/mol. The summed E-state index contributed by atoms with van der Waals surface area (Å²) in [6.07, 6.45) is 2.67. The van der Waals surface area contributed by atoms with Crippen LogP contribution >= 0.6 is 0 Å². The molecule has 0 saturated heterocycles. The largest absolute Gasteiger partial charge is 0.459 e. The van der Waals surface area contributed by atoms with Gasteiger partial charge in [0.2, 0.25) is 0 Å². The maximum Gasteiger partial charge on any atom is 0.338 e. The normalized spacial score (nSPS) is 14.2. The molecule has 3 heteroatoms. The van der Waals surface area contributed by atoms with Crippen LogP contribution in [0.25, 0.3) is 0 Å². The molecule has 1 aromatic carbocycles. The van der Waals surface area contributed by atoms with Gasteiger partial charge in [-0.05, 0) is 49.3 Å². The van der Waals surface area contributed by atoms with E-state index in [-0.39, 0.29) is 17.5 Å². The van der Waals surface area contributed by atoms with Crippen LogP contribution in [0, 0.1) is 5.92 Å². The number of carbonyl (C=O) groups is 1. The van der Waals surface area contributed by atoms with Crippen molar-refractivity contribution in [3.63, 3.8) is 0 Å². The van der Waals surface area contributed by atoms with E-state index in [1.807, 2.05) is 38.1 Å². The van der Waals surface area contributed by atoms with Gasteiger partial charge in [-0.2, -0.15) is 0 Å². The quantitative estimate of drug-likeness (QED) is 0.543. The summed E-state index contributed by atoms with van der Waals surface area (Å²) < 4.78 is 5.22. The molecule has 114 valence electrons. The lowest BCUT2D eigenvalue weighted by Gasteiger charge is -2.35. The molecule has 1 aromatic rings. The second kappa shape index (κ2) is 7.67. The van der Waals surface area contributed by atoms with Crippen LogP contribution < -0.4 is 0 Å². The molecule has 0 aliphatic rings. The molecule has 0 bridgehead atoms. The summed E-state index contributed by atoms with van der Waals surface area (Å²) >= 11 is 0. The maximum atomic E-state index is 11.9. The molecule has 0 fully saturated rings. The van der Waals surface area contributed by atoms with Gasteiger partial charge in [-0.25, -0.2) is 4.79 Å². The van der Waals surface area contributed by atoms with Crippen molar-refractivity contribution >= 4 is 13.8 Å². The molecule has 0 heterocycles. The van der Waals surface area contributed by atoms with Crippen LogP contribution in [0.4, 0.5) is 0 Å². The van der Waals surface area contributed by atoms with Crippen LogP contribution in [-0.2, 0) is 10.2 Å². The molecule has 2 nitrogen and oxygen atoms in total. The number of benzene rings is 1. The van der Waals surface area contributed by atoms with Crippen molar-refractivity contribution in [2.45, 2.75) is 65.3 Å². The van der Waals surface area contributed by atoms with Crippen molar-refractivity contribution in [3.05, 3.63) is 35.4 Å². The molecule has 0 N–H and O–H groups in total. The van der Waals surface area contributed by atoms with Crippen LogP contribution in [0.3, 0.4) is 0 Å². The average Bonchev–Trinajstić information content (AvgIpc) is 2.44. The van der Waals surface area contributed by atoms with Gasteiger partial charge in [-0.15, -0.1) is 0 Å². The highest BCUT2D eigenvalue weighted by molar-refractivity contribution is 6.08. The Hall–Kier alpha value is -1.25. The molecule has 0 saturated carbocycles. The molecular weight excluding hydrogens is 259 g/mol. The Morgan fingerprint density at radius 1 is 1.19 bits per heavy atom. The minimum absolute atomic E-state index is 0.0832. The summed E-state index contributed by atoms with van der Waals surface area (Å²) in [4.78, 5) is 11.9. The zero-order valence-corrected chi connectivity index (χ0v) is 14.0. The highest BCUT2D eigenvalue weighted by Crippen LogP contribution is 2.37. The van der Waals surface area contributed by atoms with Gasteiger partial charge < -0.3 is 4.74 Å². The molecular formula is C18H27BO2. The summed E-state index contributed by atoms with van der Waals surface area (Å²) in [6, 6.07) is 7.83. The average molecular weight is 286 g/mol. The zero-order chi connectivity index (χ0) is 16.0. The number of rotatable bonds is 7. The molecule has 0 aliphatic carbocycles. The van der Waals surface area contributed by atoms with E-state index < -0.39 is 0 Å². The van der Waals surface area contributed by atoms with Gasteiger partial charge >= 0.3 is 5.97 Å². The van der Waals surface area contributed by atoms with Gasteiger partial charge in [0.1, 0.15) is 0 Å². The fourth-order valence-electron chi connectivity index (χ4n) is 2.50. The number of esters is 1. The van der Waals surface area contributed by atoms with Crippen LogP contribution in [0.2, 0.25) is 6.32 Å². The standard InChI is InChI=1S/C18H27BO2/c1-13(2)18(5,11-6-12-19)16-9-7-15(8-10-16)17(20)21-14(3)4/h7-10,13-14H,6,11-12H2,1-5H3. The first-order valence-electron chi connectivity index (χ1n) is 7.83. The third-order valence-electron chi connectivity index (χ3n) is 4.30. The lowest BCUT2D eigenvalue weighted by molar-refractivity contribution is 0.0378. The van der Waals surface area contributed by atoms with E-state index in [0.29, 0.717) is 17.8 Å². The Bertz CT molecular complexity index is 451. The molecule has 21 heavy (non-hydrogen) atoms. The van der Waals surface area contributed by atoms with E-state index in [9.17, 15) is 4.79 Å². The Morgan fingerprint density at radius 3 is 2.19 bits per heavy atom. The predicted octanol–water partition coefficient (Wildman–Crippen LogP) is 4.53. The summed E-state index contributed by atoms with van der Waals surface area (Å²) in [6.45, 7) is 10.5. The maximum absolute atomic E-state index is 11.9. The minimum atomic E-state index is -0.259. The van der Waals surface area contributed by atoms with Gasteiger partial charge in [0, 0.05) is 0 Å². The van der Waals surface area contributed by atoms with Crippen molar-refractivity contribution in [1.82, 2.24) is 0 Å². The monoisotopic (exact) mass is 286 g/mol. The minimum Gasteiger partial charge on any atom is -0.459 e. The van der Waals surface area contributed by atoms with Crippen molar-refractivity contribution in [1.29, 1.82) is 0 Å². The van der Waals surface area contributed by atoms with Crippen molar-refractivity contribution in [2.75, 3.05) is 0 Å². The number of hydrogen-bond acceptors (Lipinski definition) is 2. The molecule has 0 spiro atoms. The molecule has 0 aliphatic heterocycles. The first-order chi connectivity index (χ1) is 9.81. The van der Waals surface area contributed by atoms with E-state index in [0.717, 1.165) is 12.8 Å². The molecule has 1 atom stereocenters. The van der Waals surface area contributed by atoms with Gasteiger partial charge in [0.15, 0.2) is 0 Å². The smallest absolute Gasteiger partial charge is 0.338 e. The molecule has 0 amide bonds. The number of hydrogen-bond donors (Lipinski definition) is 0. The summed E-state index contributed by atoms with van der Waals surface area (Å²) in [7, 11) is 5.66. The zero-order valence-electron chi connectivity index (χ0n) is 14.0. The van der Waals surface area contributed by atoms with Crippen LogP contribution in [0.5, 0.6) is 0 Å². The highest BCUT2D eigenvalue weighted by atomic mass is 16.5. The summed E-state index contributed by atoms with van der Waals surface area (Å²) in [5.41, 5.74) is 1.95. The van der Waals surface area contributed by atoms with Crippen molar-refractivity contribution in [3.8, 4) is 0 Å². The summed E-state index contributed by atoms with van der Waals surface area (Å²) in [5.74, 6) is 0.252. The van der Waals surface area contributed by atoms with E-state index in [1.165, 1.54) is 5.56 Å². The molecule has 0 aromatic heterocycles. The van der Waals surface area contributed by atoms with Crippen molar-refractivity contribution < 1.29 is 9.53 Å². The Kier molecular flexibility index (Phi) is 6.51. The first kappa shape index (κ1) is 17.8. The van der Waals surface area contributed by atoms with Crippen LogP contribution in [0.15, 0.2) is 24.3 Å². The fourth-order valence-corrected chi connectivity index (χ4v) is 2.50. The third kappa shape index (κ3) is 4.62. The topological polar surface area (TPSA) is 26.3 Å². The Morgan fingerprint density at radius 2 is 1.76 bits per heavy atom. The van der Waals surface area contributed by atoms with Gasteiger partial charge in [-0.3, -0.25) is 0 Å². The van der Waals surface area contributed by atoms with Gasteiger partial charge in [-0.1, -0.05) is 45.6 Å². The SMILES string of the molecule is [B]CCCC(C)(c1ccc(C(=O)OC(C)C)cc1)C(C)C. The van der Waals surface area contributed by atoms with E-state index >= 15 is 0 Å². The summed E-state index contributed by atoms with van der Waals surface area (Å²) in [5, 5.41) is 0. The van der Waals surface area contributed by atoms with Crippen LogP contribution in [0.1, 0.15) is 63.4 Å². The number of carbonyl (C=O) groups excluding carboxylic acids is 1. The van der Waals surface area contributed by atoms with Crippen LogP contribution in [-0.4, -0.2) is 19.9 Å². The highest BCUT2D eigenvalue weighted by Gasteiger charge is 2.29. The molecule has 2 radical (unpaired) electrons. The fraction of sp³-hybridized carbons (Fsp3) is 0.611. The van der Waals surface area contributed by atoms with E-state index in [2.05, 4.69) is 20.8 Å². The second-order valence-corrected chi connectivity index (χ2v) is 6.50. The van der Waals surface area contributed by atoms with E-state index in [1.54, 1.807) is 0 Å². The number of ether oxygens (including phenoxy) is 1. The molecule has 1 unspecified atom stereocenters. The first-order valence-corrected chi connectivity index (χ1v) is 7.83. The lowest BCUT2D eigenvalue weighted by Crippen LogP contribution is -2.28. The van der Waals surface area contributed by atoms with E-state index in [4.69, 9.17) is 12.6 Å². The Balaban J connectivity index is 2.95. The Labute approximate surface area is 130 Å². The second-order valence-electron chi connectivity index (χ2n) is 6.50. The van der Waals surface area contributed by atoms with Gasteiger partial charge in [0.05, 0.1) is 19.5 Å². The third-order valence-corrected chi connectivity index (χ3v) is 4.30. The molecule has 1 rings (SSSR count). The lowest BCUT2D eigenvalue weighted by atomic mass is 9.69. The van der Waals surface area contributed by atoms with Gasteiger partial charge in [0.25, 0.3) is 0 Å². The van der Waals surface area contributed by atoms with Crippen molar-refractivity contribution in [2.24, 2.45) is 5.92 Å².